The quantitative estimate of drug-likeness (QED) is 0.731. The van der Waals surface area contributed by atoms with Crippen LogP contribution in [-0.4, -0.2) is 32.0 Å². The van der Waals surface area contributed by atoms with Crippen LogP contribution in [0, 0.1) is 11.3 Å². The van der Waals surface area contributed by atoms with Crippen LogP contribution >= 0.6 is 0 Å². The maximum atomic E-state index is 11.6. The van der Waals surface area contributed by atoms with Crippen LogP contribution in [0.25, 0.3) is 0 Å². The van der Waals surface area contributed by atoms with Gasteiger partial charge < -0.3 is 10.1 Å². The first-order chi connectivity index (χ1) is 5.83. The second-order valence-corrected chi connectivity index (χ2v) is 2.80. The molecule has 0 aliphatic heterocycles. The van der Waals surface area contributed by atoms with E-state index in [1.165, 1.54) is 14.0 Å². The van der Waals surface area contributed by atoms with Gasteiger partial charge >= 0.3 is 6.18 Å². The molecule has 0 heterocycles. The first-order valence-corrected chi connectivity index (χ1v) is 3.58. The summed E-state index contributed by atoms with van der Waals surface area (Å²) in [5.41, 5.74) is -1.06. The molecule has 1 N–H and O–H groups in total. The minimum atomic E-state index is -4.34. The maximum Gasteiger partial charge on any atom is 0.411 e. The number of hydrogen-bond acceptors (Lipinski definition) is 3. The van der Waals surface area contributed by atoms with Crippen molar-refractivity contribution in [3.8, 4) is 6.07 Å². The SMILES string of the molecule is CNC(C)(C#N)COCC(F)(F)F. The van der Waals surface area contributed by atoms with Gasteiger partial charge in [-0.25, -0.2) is 0 Å². The van der Waals surface area contributed by atoms with Crippen LogP contribution < -0.4 is 5.32 Å². The molecule has 13 heavy (non-hydrogen) atoms. The highest BCUT2D eigenvalue weighted by Crippen LogP contribution is 2.15. The molecule has 0 fully saturated rings. The Morgan fingerprint density at radius 1 is 1.38 bits per heavy atom. The summed E-state index contributed by atoms with van der Waals surface area (Å²) in [7, 11) is 1.49. The molecule has 0 aromatic rings. The van der Waals surface area contributed by atoms with Crippen molar-refractivity contribution in [3.63, 3.8) is 0 Å². The molecule has 0 rings (SSSR count). The molecule has 0 bridgehead atoms. The third-order valence-corrected chi connectivity index (χ3v) is 1.46. The van der Waals surface area contributed by atoms with Crippen LogP contribution in [0.15, 0.2) is 0 Å². The van der Waals surface area contributed by atoms with Gasteiger partial charge in [-0.2, -0.15) is 18.4 Å². The molecular formula is C7H11F3N2O. The number of halogens is 3. The van der Waals surface area contributed by atoms with E-state index in [4.69, 9.17) is 5.26 Å². The Hall–Kier alpha value is -0.800. The first kappa shape index (κ1) is 12.2. The van der Waals surface area contributed by atoms with Crippen molar-refractivity contribution >= 4 is 0 Å². The van der Waals surface area contributed by atoms with Gasteiger partial charge in [0.2, 0.25) is 0 Å². The predicted molar refractivity (Wildman–Crippen MR) is 40.0 cm³/mol. The largest absolute Gasteiger partial charge is 0.411 e. The first-order valence-electron chi connectivity index (χ1n) is 3.58. The lowest BCUT2D eigenvalue weighted by Gasteiger charge is -2.20. The summed E-state index contributed by atoms with van der Waals surface area (Å²) in [4.78, 5) is 0. The molecule has 0 saturated carbocycles. The third kappa shape index (κ3) is 5.44. The van der Waals surface area contributed by atoms with E-state index in [1.807, 2.05) is 6.07 Å². The highest BCUT2D eigenvalue weighted by molar-refractivity contribution is 5.02. The fraction of sp³-hybridized carbons (Fsp3) is 0.857. The molecule has 0 aromatic heterocycles. The Balaban J connectivity index is 3.83. The van der Waals surface area contributed by atoms with Crippen molar-refractivity contribution in [2.75, 3.05) is 20.3 Å². The molecule has 0 saturated heterocycles. The highest BCUT2D eigenvalue weighted by Gasteiger charge is 2.30. The average Bonchev–Trinajstić information content (AvgIpc) is 2.02. The Morgan fingerprint density at radius 2 is 1.92 bits per heavy atom. The van der Waals surface area contributed by atoms with E-state index in [0.29, 0.717) is 0 Å². The Labute approximate surface area is 74.5 Å². The molecule has 3 nitrogen and oxygen atoms in total. The summed E-state index contributed by atoms with van der Waals surface area (Å²) >= 11 is 0. The number of hydrogen-bond donors (Lipinski definition) is 1. The molecule has 0 amide bonds. The predicted octanol–water partition coefficient (Wildman–Crippen LogP) is 1.07. The minimum absolute atomic E-state index is 0.292. The number of nitrogens with one attached hydrogen (secondary N) is 1. The summed E-state index contributed by atoms with van der Waals surface area (Å²) in [6.07, 6.45) is -4.34. The van der Waals surface area contributed by atoms with Gasteiger partial charge in [-0.3, -0.25) is 0 Å². The fourth-order valence-electron chi connectivity index (χ4n) is 0.531. The monoisotopic (exact) mass is 196 g/mol. The zero-order chi connectivity index (χ0) is 10.5. The molecule has 0 aromatic carbocycles. The summed E-state index contributed by atoms with van der Waals surface area (Å²) in [5.74, 6) is 0. The smallest absolute Gasteiger partial charge is 0.369 e. The number of nitriles is 1. The third-order valence-electron chi connectivity index (χ3n) is 1.46. The van der Waals surface area contributed by atoms with Crippen LogP contribution in [0.3, 0.4) is 0 Å². The van der Waals surface area contributed by atoms with Gasteiger partial charge in [0, 0.05) is 0 Å². The van der Waals surface area contributed by atoms with Crippen LogP contribution in [-0.2, 0) is 4.74 Å². The van der Waals surface area contributed by atoms with Crippen LogP contribution in [0.2, 0.25) is 0 Å². The van der Waals surface area contributed by atoms with Gasteiger partial charge in [0.25, 0.3) is 0 Å². The zero-order valence-corrected chi connectivity index (χ0v) is 7.40. The summed E-state index contributed by atoms with van der Waals surface area (Å²) in [6.45, 7) is -0.158. The lowest BCUT2D eigenvalue weighted by Crippen LogP contribution is -2.43. The topological polar surface area (TPSA) is 45.0 Å². The number of likely N-dealkylation sites (N-methyl/N-ethyl adjacent to an activating group) is 1. The average molecular weight is 196 g/mol. The summed E-state index contributed by atoms with van der Waals surface area (Å²) in [5, 5.41) is 11.1. The van der Waals surface area contributed by atoms with Crippen LogP contribution in [0.1, 0.15) is 6.92 Å². The van der Waals surface area contributed by atoms with Crippen molar-refractivity contribution < 1.29 is 17.9 Å². The van der Waals surface area contributed by atoms with Gasteiger partial charge in [-0.1, -0.05) is 0 Å². The zero-order valence-electron chi connectivity index (χ0n) is 7.40. The standard InChI is InChI=1S/C7H11F3N2O/c1-6(3-11,12-2)4-13-5-7(8,9)10/h12H,4-5H2,1-2H3. The summed E-state index contributed by atoms with van der Waals surface area (Å²) < 4.78 is 39.2. The van der Waals surface area contributed by atoms with Gasteiger partial charge in [0.15, 0.2) is 0 Å². The van der Waals surface area contributed by atoms with Gasteiger partial charge in [0.1, 0.15) is 12.1 Å². The molecule has 1 unspecified atom stereocenters. The van der Waals surface area contributed by atoms with Crippen molar-refractivity contribution in [1.29, 1.82) is 5.26 Å². The van der Waals surface area contributed by atoms with Crippen molar-refractivity contribution in [3.05, 3.63) is 0 Å². The highest BCUT2D eigenvalue weighted by atomic mass is 19.4. The Bertz CT molecular complexity index is 199. The van der Waals surface area contributed by atoms with Crippen molar-refractivity contribution in [2.24, 2.45) is 0 Å². The second-order valence-electron chi connectivity index (χ2n) is 2.80. The molecule has 0 spiro atoms. The molecule has 0 aliphatic carbocycles. The van der Waals surface area contributed by atoms with E-state index in [0.717, 1.165) is 0 Å². The summed E-state index contributed by atoms with van der Waals surface area (Å²) in [6, 6.07) is 1.81. The molecule has 76 valence electrons. The van der Waals surface area contributed by atoms with E-state index in [-0.39, 0.29) is 6.61 Å². The molecule has 0 radical (unpaired) electrons. The van der Waals surface area contributed by atoms with E-state index < -0.39 is 18.3 Å². The normalized spacial score (nSPS) is 16.3. The van der Waals surface area contributed by atoms with Crippen LogP contribution in [0.4, 0.5) is 13.2 Å². The number of rotatable bonds is 4. The number of alkyl halides is 3. The number of nitrogens with zero attached hydrogens (tertiary/aromatic N) is 1. The van der Waals surface area contributed by atoms with E-state index in [9.17, 15) is 13.2 Å². The number of ether oxygens (including phenoxy) is 1. The van der Waals surface area contributed by atoms with Gasteiger partial charge in [-0.05, 0) is 14.0 Å². The van der Waals surface area contributed by atoms with Crippen molar-refractivity contribution in [2.45, 2.75) is 18.6 Å². The lowest BCUT2D eigenvalue weighted by atomic mass is 10.1. The van der Waals surface area contributed by atoms with Gasteiger partial charge in [0.05, 0.1) is 12.7 Å². The van der Waals surface area contributed by atoms with Gasteiger partial charge in [-0.15, -0.1) is 0 Å². The molecule has 0 aliphatic rings. The fourth-order valence-corrected chi connectivity index (χ4v) is 0.531. The lowest BCUT2D eigenvalue weighted by molar-refractivity contribution is -0.176. The maximum absolute atomic E-state index is 11.6. The Kier molecular flexibility index (Phi) is 4.17. The molecule has 6 heteroatoms. The minimum Gasteiger partial charge on any atom is -0.369 e. The van der Waals surface area contributed by atoms with Crippen molar-refractivity contribution in [1.82, 2.24) is 5.32 Å². The van der Waals surface area contributed by atoms with E-state index in [2.05, 4.69) is 10.1 Å². The second kappa shape index (κ2) is 4.44. The Morgan fingerprint density at radius 3 is 2.23 bits per heavy atom. The van der Waals surface area contributed by atoms with E-state index in [1.54, 1.807) is 0 Å². The van der Waals surface area contributed by atoms with Crippen LogP contribution in [0.5, 0.6) is 0 Å². The van der Waals surface area contributed by atoms with E-state index >= 15 is 0 Å². The molecular weight excluding hydrogens is 185 g/mol. The molecule has 1 atom stereocenters.